The van der Waals surface area contributed by atoms with E-state index >= 15 is 0 Å². The predicted molar refractivity (Wildman–Crippen MR) is 94.8 cm³/mol. The second kappa shape index (κ2) is 6.08. The molecule has 0 saturated carbocycles. The van der Waals surface area contributed by atoms with Crippen molar-refractivity contribution in [3.8, 4) is 11.3 Å². The first-order valence-corrected chi connectivity index (χ1v) is 8.28. The molecule has 0 radical (unpaired) electrons. The van der Waals surface area contributed by atoms with Gasteiger partial charge in [0.05, 0.1) is 5.69 Å². The number of pyridine rings is 1. The van der Waals surface area contributed by atoms with Crippen LogP contribution in [0.5, 0.6) is 0 Å². The van der Waals surface area contributed by atoms with Gasteiger partial charge in [0.25, 0.3) is 0 Å². The van der Waals surface area contributed by atoms with Crippen LogP contribution in [0.25, 0.3) is 17.3 Å². The van der Waals surface area contributed by atoms with E-state index in [-0.39, 0.29) is 0 Å². The van der Waals surface area contributed by atoms with Crippen molar-refractivity contribution in [2.75, 3.05) is 0 Å². The summed E-state index contributed by atoms with van der Waals surface area (Å²) < 4.78 is 0. The summed E-state index contributed by atoms with van der Waals surface area (Å²) in [5.74, 6) is 1.37. The minimum Gasteiger partial charge on any atom is -0.252 e. The Labute approximate surface area is 134 Å². The van der Waals surface area contributed by atoms with Gasteiger partial charge in [0, 0.05) is 11.3 Å². The molecule has 0 fully saturated rings. The molecule has 1 aromatic heterocycles. The largest absolute Gasteiger partial charge is 0.252 e. The summed E-state index contributed by atoms with van der Waals surface area (Å²) in [4.78, 5) is 4.97. The van der Waals surface area contributed by atoms with Crippen molar-refractivity contribution in [2.24, 2.45) is 11.8 Å². The van der Waals surface area contributed by atoms with Crippen molar-refractivity contribution in [3.63, 3.8) is 0 Å². The number of rotatable bonds is 3. The zero-order chi connectivity index (χ0) is 15.7. The lowest BCUT2D eigenvalue weighted by molar-refractivity contribution is 0.468. The number of aryl methyl sites for hydroxylation is 2. The van der Waals surface area contributed by atoms with Gasteiger partial charge in [-0.2, -0.15) is 0 Å². The van der Waals surface area contributed by atoms with Crippen LogP contribution in [0.2, 0.25) is 0 Å². The Morgan fingerprint density at radius 2 is 1.82 bits per heavy atom. The second-order valence-electron chi connectivity index (χ2n) is 7.06. The average molecular weight is 291 g/mol. The third kappa shape index (κ3) is 3.30. The Morgan fingerprint density at radius 3 is 2.50 bits per heavy atom. The Balaban J connectivity index is 1.93. The molecule has 1 aromatic carbocycles. The van der Waals surface area contributed by atoms with E-state index in [0.717, 1.165) is 18.0 Å². The number of hydrogen-bond acceptors (Lipinski definition) is 1. The van der Waals surface area contributed by atoms with Gasteiger partial charge in [0.1, 0.15) is 0 Å². The lowest BCUT2D eigenvalue weighted by Crippen LogP contribution is -2.11. The molecular weight excluding hydrogens is 266 g/mol. The van der Waals surface area contributed by atoms with Gasteiger partial charge in [-0.3, -0.25) is 4.98 Å². The molecule has 1 aliphatic rings. The molecule has 1 heterocycles. The summed E-state index contributed by atoms with van der Waals surface area (Å²) in [6, 6.07) is 11.0. The minimum atomic E-state index is 0.634. The van der Waals surface area contributed by atoms with Crippen molar-refractivity contribution in [1.82, 2.24) is 4.98 Å². The van der Waals surface area contributed by atoms with Crippen molar-refractivity contribution in [1.29, 1.82) is 0 Å². The van der Waals surface area contributed by atoms with E-state index in [2.05, 4.69) is 70.2 Å². The maximum atomic E-state index is 4.97. The maximum Gasteiger partial charge on any atom is 0.0705 e. The summed E-state index contributed by atoms with van der Waals surface area (Å²) in [6.07, 6.45) is 6.93. The summed E-state index contributed by atoms with van der Waals surface area (Å²) >= 11 is 0. The van der Waals surface area contributed by atoms with Crippen LogP contribution in [0.3, 0.4) is 0 Å². The number of nitrogens with zero attached hydrogens (tertiary/aromatic N) is 1. The molecule has 0 aliphatic heterocycles. The Hall–Kier alpha value is -1.89. The zero-order valence-corrected chi connectivity index (χ0v) is 14.1. The third-order valence-corrected chi connectivity index (χ3v) is 4.30. The summed E-state index contributed by atoms with van der Waals surface area (Å²) in [7, 11) is 0. The number of hydrogen-bond donors (Lipinski definition) is 0. The Kier molecular flexibility index (Phi) is 4.15. The molecular formula is C21H25N. The van der Waals surface area contributed by atoms with Crippen molar-refractivity contribution < 1.29 is 0 Å². The molecule has 1 aliphatic carbocycles. The van der Waals surface area contributed by atoms with Crippen LogP contribution in [-0.2, 0) is 6.42 Å². The molecule has 1 heteroatoms. The molecule has 2 aromatic rings. The number of fused-ring (bicyclic) bond motifs is 1. The number of aromatic nitrogens is 1. The van der Waals surface area contributed by atoms with Crippen LogP contribution in [0.1, 0.15) is 42.7 Å². The fraction of sp³-hybridized carbons (Fsp3) is 0.381. The van der Waals surface area contributed by atoms with Crippen molar-refractivity contribution in [3.05, 3.63) is 58.8 Å². The quantitative estimate of drug-likeness (QED) is 0.717. The monoisotopic (exact) mass is 291 g/mol. The first-order chi connectivity index (χ1) is 10.5. The van der Waals surface area contributed by atoms with Crippen molar-refractivity contribution in [2.45, 2.75) is 40.5 Å². The molecule has 1 atom stereocenters. The van der Waals surface area contributed by atoms with Gasteiger partial charge in [0.2, 0.25) is 0 Å². The van der Waals surface area contributed by atoms with Crippen LogP contribution in [0.15, 0.2) is 36.4 Å². The van der Waals surface area contributed by atoms with E-state index in [1.807, 2.05) is 0 Å². The molecule has 1 unspecified atom stereocenters. The minimum absolute atomic E-state index is 0.634. The van der Waals surface area contributed by atoms with Crippen molar-refractivity contribution >= 4 is 6.08 Å². The normalized spacial score (nSPS) is 16.9. The summed E-state index contributed by atoms with van der Waals surface area (Å²) in [5.41, 5.74) is 7.47. The van der Waals surface area contributed by atoms with E-state index in [0.29, 0.717) is 5.92 Å². The fourth-order valence-corrected chi connectivity index (χ4v) is 3.43. The summed E-state index contributed by atoms with van der Waals surface area (Å²) in [5, 5.41) is 0. The van der Waals surface area contributed by atoms with Crippen LogP contribution in [-0.4, -0.2) is 4.98 Å². The van der Waals surface area contributed by atoms with Gasteiger partial charge in [-0.1, -0.05) is 49.3 Å². The highest BCUT2D eigenvalue weighted by atomic mass is 14.7. The van der Waals surface area contributed by atoms with Gasteiger partial charge in [-0.05, 0) is 62.3 Å². The van der Waals surface area contributed by atoms with E-state index in [9.17, 15) is 0 Å². The zero-order valence-electron chi connectivity index (χ0n) is 14.1. The molecule has 0 saturated heterocycles. The van der Waals surface area contributed by atoms with E-state index in [1.165, 1.54) is 34.4 Å². The second-order valence-corrected chi connectivity index (χ2v) is 7.06. The predicted octanol–water partition coefficient (Wildman–Crippen LogP) is 5.60. The van der Waals surface area contributed by atoms with E-state index in [4.69, 9.17) is 4.98 Å². The molecule has 0 amide bonds. The molecule has 0 spiro atoms. The molecule has 22 heavy (non-hydrogen) atoms. The highest BCUT2D eigenvalue weighted by Gasteiger charge is 2.17. The average Bonchev–Trinajstić information content (AvgIpc) is 2.45. The highest BCUT2D eigenvalue weighted by Crippen LogP contribution is 2.29. The summed E-state index contributed by atoms with van der Waals surface area (Å²) in [6.45, 7) is 8.89. The van der Waals surface area contributed by atoms with Crippen LogP contribution in [0.4, 0.5) is 0 Å². The van der Waals surface area contributed by atoms with Gasteiger partial charge in [-0.15, -0.1) is 0 Å². The first kappa shape index (κ1) is 15.0. The van der Waals surface area contributed by atoms with E-state index < -0.39 is 0 Å². The number of benzene rings is 1. The van der Waals surface area contributed by atoms with Crippen LogP contribution < -0.4 is 0 Å². The molecule has 3 rings (SSSR count). The smallest absolute Gasteiger partial charge is 0.0705 e. The van der Waals surface area contributed by atoms with E-state index in [1.54, 1.807) is 0 Å². The van der Waals surface area contributed by atoms with Gasteiger partial charge in [0.15, 0.2) is 0 Å². The van der Waals surface area contributed by atoms with Crippen LogP contribution in [0, 0.1) is 25.7 Å². The fourth-order valence-electron chi connectivity index (χ4n) is 3.43. The highest BCUT2D eigenvalue weighted by molar-refractivity contribution is 5.65. The number of allylic oxidation sites excluding steroid dienone is 1. The molecule has 1 nitrogen and oxygen atoms in total. The molecule has 114 valence electrons. The first-order valence-electron chi connectivity index (χ1n) is 8.28. The molecule has 0 N–H and O–H groups in total. The molecule has 0 bridgehead atoms. The Bertz CT molecular complexity index is 690. The van der Waals surface area contributed by atoms with Gasteiger partial charge < -0.3 is 0 Å². The Morgan fingerprint density at radius 1 is 1.09 bits per heavy atom. The lowest BCUT2D eigenvalue weighted by atomic mass is 9.87. The SMILES string of the molecule is Cc1cc(C)cc(-c2ccc3c(n2)CC(CC(C)C)C=C3)c1. The van der Waals surface area contributed by atoms with Crippen LogP contribution >= 0.6 is 0 Å². The standard InChI is InChI=1S/C21H25N/c1-14(2)9-17-5-6-18-7-8-20(22-21(18)13-17)19-11-15(3)10-16(4)12-19/h5-8,10-12,14,17H,9,13H2,1-4H3. The van der Waals surface area contributed by atoms with Gasteiger partial charge in [-0.25, -0.2) is 0 Å². The van der Waals surface area contributed by atoms with Gasteiger partial charge >= 0.3 is 0 Å². The third-order valence-electron chi connectivity index (χ3n) is 4.30. The maximum absolute atomic E-state index is 4.97. The topological polar surface area (TPSA) is 12.9 Å². The lowest BCUT2D eigenvalue weighted by Gasteiger charge is -2.21.